The normalized spacial score (nSPS) is 15.7. The van der Waals surface area contributed by atoms with E-state index in [-0.39, 0.29) is 0 Å². The van der Waals surface area contributed by atoms with E-state index in [0.29, 0.717) is 0 Å². The molecule has 0 heterocycles. The lowest BCUT2D eigenvalue weighted by molar-refractivity contribution is -0.134. The van der Waals surface area contributed by atoms with Gasteiger partial charge in [-0.3, -0.25) is 0 Å². The zero-order valence-corrected chi connectivity index (χ0v) is 7.64. The Hall–Kier alpha value is -0.910. The fourth-order valence-electron chi connectivity index (χ4n) is 0.709. The van der Waals surface area contributed by atoms with Crippen LogP contribution in [0.4, 0.5) is 0 Å². The number of hydrogen-bond acceptors (Lipinski definition) is 5. The van der Waals surface area contributed by atoms with Crippen molar-refractivity contribution >= 4 is 5.97 Å². The summed E-state index contributed by atoms with van der Waals surface area (Å²) in [5.74, 6) is -0.535. The minimum Gasteiger partial charge on any atom is -0.466 e. The summed E-state index contributed by atoms with van der Waals surface area (Å²) >= 11 is 0. The summed E-state index contributed by atoms with van der Waals surface area (Å²) in [6.45, 7) is -0.427. The van der Waals surface area contributed by atoms with Gasteiger partial charge in [0, 0.05) is 13.2 Å². The number of aliphatic hydroxyl groups excluding tert-OH is 2. The van der Waals surface area contributed by atoms with Crippen LogP contribution in [0.2, 0.25) is 0 Å². The number of aliphatic hydroxyl groups is 2. The molecular weight excluding hydrogens is 176 g/mol. The first-order valence-corrected chi connectivity index (χ1v) is 3.73. The Bertz CT molecular complexity index is 177. The van der Waals surface area contributed by atoms with E-state index in [1.807, 2.05) is 0 Å². The molecule has 0 aromatic heterocycles. The molecular formula is C8H14O5. The van der Waals surface area contributed by atoms with Crippen molar-refractivity contribution in [1.82, 2.24) is 0 Å². The van der Waals surface area contributed by atoms with Crippen molar-refractivity contribution in [3.8, 4) is 0 Å². The topological polar surface area (TPSA) is 76.0 Å². The van der Waals surface area contributed by atoms with Crippen molar-refractivity contribution in [1.29, 1.82) is 0 Å². The number of methoxy groups -OCH3 is 2. The van der Waals surface area contributed by atoms with Crippen LogP contribution in [0.25, 0.3) is 0 Å². The zero-order chi connectivity index (χ0) is 10.3. The number of hydrogen-bond donors (Lipinski definition) is 2. The molecule has 5 nitrogen and oxygen atoms in total. The lowest BCUT2D eigenvalue weighted by atomic mass is 10.2. The van der Waals surface area contributed by atoms with Crippen LogP contribution < -0.4 is 0 Å². The minimum atomic E-state index is -1.04. The molecule has 0 fully saturated rings. The maximum Gasteiger partial charge on any atom is 0.330 e. The van der Waals surface area contributed by atoms with Crippen LogP contribution in [0, 0.1) is 0 Å². The molecule has 2 atom stereocenters. The van der Waals surface area contributed by atoms with Crippen molar-refractivity contribution in [2.24, 2.45) is 0 Å². The monoisotopic (exact) mass is 190 g/mol. The highest BCUT2D eigenvalue weighted by Gasteiger charge is 2.14. The SMILES string of the molecule is COC(=O)/C=C/[C@@H](OC)[C@H](O)CO. The first-order chi connectivity index (χ1) is 6.15. The van der Waals surface area contributed by atoms with Crippen molar-refractivity contribution in [3.05, 3.63) is 12.2 Å². The van der Waals surface area contributed by atoms with Gasteiger partial charge in [0.15, 0.2) is 0 Å². The second-order valence-electron chi connectivity index (χ2n) is 2.33. The molecule has 0 aliphatic heterocycles. The maximum atomic E-state index is 10.6. The van der Waals surface area contributed by atoms with E-state index >= 15 is 0 Å². The molecule has 13 heavy (non-hydrogen) atoms. The second kappa shape index (κ2) is 6.59. The molecule has 0 saturated heterocycles. The quantitative estimate of drug-likeness (QED) is 0.433. The number of carbonyl (C=O) groups excluding carboxylic acids is 1. The van der Waals surface area contributed by atoms with Crippen LogP contribution in [0.1, 0.15) is 0 Å². The third kappa shape index (κ3) is 4.62. The summed E-state index contributed by atoms with van der Waals surface area (Å²) in [6.07, 6.45) is 0.717. The van der Waals surface area contributed by atoms with Gasteiger partial charge in [0.2, 0.25) is 0 Å². The van der Waals surface area contributed by atoms with Gasteiger partial charge in [0.1, 0.15) is 12.2 Å². The van der Waals surface area contributed by atoms with Gasteiger partial charge in [-0.1, -0.05) is 0 Å². The molecule has 76 valence electrons. The number of ether oxygens (including phenoxy) is 2. The zero-order valence-electron chi connectivity index (χ0n) is 7.64. The molecule has 0 aliphatic carbocycles. The fraction of sp³-hybridized carbons (Fsp3) is 0.625. The summed E-state index contributed by atoms with van der Waals surface area (Å²) < 4.78 is 9.13. The van der Waals surface area contributed by atoms with Crippen molar-refractivity contribution in [2.75, 3.05) is 20.8 Å². The Kier molecular flexibility index (Phi) is 6.13. The van der Waals surface area contributed by atoms with Gasteiger partial charge in [0.25, 0.3) is 0 Å². The van der Waals surface area contributed by atoms with Gasteiger partial charge in [0.05, 0.1) is 13.7 Å². The predicted molar refractivity (Wildman–Crippen MR) is 45.0 cm³/mol. The summed E-state index contributed by atoms with van der Waals surface area (Å²) in [5.41, 5.74) is 0. The lowest BCUT2D eigenvalue weighted by Crippen LogP contribution is -2.29. The molecule has 0 aliphatic rings. The third-order valence-electron chi connectivity index (χ3n) is 1.46. The smallest absolute Gasteiger partial charge is 0.330 e. The Morgan fingerprint density at radius 1 is 1.54 bits per heavy atom. The van der Waals surface area contributed by atoms with Crippen LogP contribution in [-0.4, -0.2) is 49.2 Å². The van der Waals surface area contributed by atoms with Gasteiger partial charge in [-0.25, -0.2) is 4.79 Å². The Morgan fingerprint density at radius 3 is 2.54 bits per heavy atom. The molecule has 0 unspecified atom stereocenters. The summed E-state index contributed by atoms with van der Waals surface area (Å²) in [4.78, 5) is 10.6. The van der Waals surface area contributed by atoms with E-state index in [9.17, 15) is 4.79 Å². The average molecular weight is 190 g/mol. The molecule has 0 aromatic rings. The first kappa shape index (κ1) is 12.1. The van der Waals surface area contributed by atoms with Gasteiger partial charge in [-0.15, -0.1) is 0 Å². The van der Waals surface area contributed by atoms with Crippen LogP contribution in [0.15, 0.2) is 12.2 Å². The highest BCUT2D eigenvalue weighted by atomic mass is 16.5. The Morgan fingerprint density at radius 2 is 2.15 bits per heavy atom. The van der Waals surface area contributed by atoms with Gasteiger partial charge < -0.3 is 19.7 Å². The van der Waals surface area contributed by atoms with Gasteiger partial charge in [-0.05, 0) is 6.08 Å². The summed E-state index contributed by atoms with van der Waals surface area (Å²) in [5, 5.41) is 17.7. The lowest BCUT2D eigenvalue weighted by Gasteiger charge is -2.15. The van der Waals surface area contributed by atoms with E-state index < -0.39 is 24.8 Å². The number of esters is 1. The molecule has 0 bridgehead atoms. The molecule has 0 amide bonds. The fourth-order valence-corrected chi connectivity index (χ4v) is 0.709. The molecule has 2 N–H and O–H groups in total. The maximum absolute atomic E-state index is 10.6. The van der Waals surface area contributed by atoms with Gasteiger partial charge >= 0.3 is 5.97 Å². The molecule has 0 rings (SSSR count). The van der Waals surface area contributed by atoms with Crippen LogP contribution in [0.3, 0.4) is 0 Å². The first-order valence-electron chi connectivity index (χ1n) is 3.73. The standard InChI is InChI=1S/C8H14O5/c1-12-7(6(10)5-9)3-4-8(11)13-2/h3-4,6-7,9-10H,5H2,1-2H3/b4-3+/t6-,7-/m1/s1. The van der Waals surface area contributed by atoms with E-state index in [0.717, 1.165) is 6.08 Å². The van der Waals surface area contributed by atoms with E-state index in [1.54, 1.807) is 0 Å². The summed E-state index contributed by atoms with van der Waals surface area (Å²) in [6, 6.07) is 0. The Labute approximate surface area is 76.6 Å². The van der Waals surface area contributed by atoms with Crippen molar-refractivity contribution in [3.63, 3.8) is 0 Å². The molecule has 0 radical (unpaired) electrons. The minimum absolute atomic E-state index is 0.427. The molecule has 0 saturated carbocycles. The third-order valence-corrected chi connectivity index (χ3v) is 1.46. The van der Waals surface area contributed by atoms with E-state index in [1.165, 1.54) is 20.3 Å². The molecule has 5 heteroatoms. The van der Waals surface area contributed by atoms with E-state index in [4.69, 9.17) is 14.9 Å². The highest BCUT2D eigenvalue weighted by molar-refractivity contribution is 5.81. The number of carbonyl (C=O) groups is 1. The molecule has 0 spiro atoms. The van der Waals surface area contributed by atoms with Gasteiger partial charge in [-0.2, -0.15) is 0 Å². The highest BCUT2D eigenvalue weighted by Crippen LogP contribution is 1.99. The van der Waals surface area contributed by atoms with Crippen LogP contribution >= 0.6 is 0 Å². The average Bonchev–Trinajstić information content (AvgIpc) is 2.17. The van der Waals surface area contributed by atoms with Crippen LogP contribution in [-0.2, 0) is 14.3 Å². The second-order valence-corrected chi connectivity index (χ2v) is 2.33. The van der Waals surface area contributed by atoms with Crippen molar-refractivity contribution in [2.45, 2.75) is 12.2 Å². The summed E-state index contributed by atoms with van der Waals surface area (Å²) in [7, 11) is 2.61. The number of rotatable bonds is 5. The van der Waals surface area contributed by atoms with Crippen molar-refractivity contribution < 1.29 is 24.5 Å². The van der Waals surface area contributed by atoms with E-state index in [2.05, 4.69) is 4.74 Å². The Balaban J connectivity index is 4.11. The predicted octanol–water partition coefficient (Wildman–Crippen LogP) is -0.916. The molecule has 0 aromatic carbocycles. The van der Waals surface area contributed by atoms with Crippen LogP contribution in [0.5, 0.6) is 0 Å². The largest absolute Gasteiger partial charge is 0.466 e.